The number of nitrogens with zero attached hydrogens (tertiary/aromatic N) is 1. The first-order valence-electron chi connectivity index (χ1n) is 7.29. The Labute approximate surface area is 129 Å². The number of carbonyl (C=O) groups is 2. The summed E-state index contributed by atoms with van der Waals surface area (Å²) in [6.45, 7) is 7.04. The highest BCUT2D eigenvalue weighted by Gasteiger charge is 2.58. The molecule has 0 aromatic rings. The molecule has 0 aromatic heterocycles. The summed E-state index contributed by atoms with van der Waals surface area (Å²) < 4.78 is 21.5. The molecule has 2 rings (SSSR count). The van der Waals surface area contributed by atoms with Crippen molar-refractivity contribution >= 4 is 11.9 Å². The van der Waals surface area contributed by atoms with Crippen LogP contribution < -0.4 is 0 Å². The maximum absolute atomic E-state index is 12.2. The smallest absolute Gasteiger partial charge is 0.381 e. The third kappa shape index (κ3) is 3.40. The Kier molecular flexibility index (Phi) is 4.76. The van der Waals surface area contributed by atoms with Gasteiger partial charge in [0.2, 0.25) is 0 Å². The largest absolute Gasteiger partial charge is 0.461 e. The van der Waals surface area contributed by atoms with Gasteiger partial charge in [0.1, 0.15) is 6.10 Å². The highest BCUT2D eigenvalue weighted by atomic mass is 16.8. The van der Waals surface area contributed by atoms with Crippen molar-refractivity contribution in [3.63, 3.8) is 0 Å². The van der Waals surface area contributed by atoms with Gasteiger partial charge in [-0.2, -0.15) is 5.06 Å². The first-order valence-corrected chi connectivity index (χ1v) is 7.29. The Bertz CT molecular complexity index is 452. The molecule has 3 atom stereocenters. The van der Waals surface area contributed by atoms with Crippen LogP contribution in [0.5, 0.6) is 0 Å². The first-order chi connectivity index (χ1) is 10.2. The van der Waals surface area contributed by atoms with E-state index in [1.165, 1.54) is 12.0 Å². The Morgan fingerprint density at radius 2 is 2.05 bits per heavy atom. The summed E-state index contributed by atoms with van der Waals surface area (Å²) in [5.74, 6) is -3.80. The third-order valence-corrected chi connectivity index (χ3v) is 3.59. The van der Waals surface area contributed by atoms with Gasteiger partial charge in [-0.1, -0.05) is 0 Å². The average molecular weight is 317 g/mol. The fraction of sp³-hybridized carbons (Fsp3) is 0.857. The van der Waals surface area contributed by atoms with E-state index in [1.807, 2.05) is 13.8 Å². The van der Waals surface area contributed by atoms with E-state index < -0.39 is 23.5 Å². The second-order valence-corrected chi connectivity index (χ2v) is 5.84. The molecule has 2 fully saturated rings. The van der Waals surface area contributed by atoms with Gasteiger partial charge in [0.25, 0.3) is 0 Å². The minimum absolute atomic E-state index is 0.117. The van der Waals surface area contributed by atoms with Crippen molar-refractivity contribution in [2.24, 2.45) is 0 Å². The molecular formula is C14H23NO7. The van der Waals surface area contributed by atoms with Crippen LogP contribution in [0.25, 0.3) is 0 Å². The topological polar surface area (TPSA) is 83.5 Å². The summed E-state index contributed by atoms with van der Waals surface area (Å²) >= 11 is 0. The summed E-state index contributed by atoms with van der Waals surface area (Å²) in [5.41, 5.74) is 0. The molecule has 0 aromatic carbocycles. The van der Waals surface area contributed by atoms with Gasteiger partial charge in [-0.05, 0) is 20.8 Å². The minimum atomic E-state index is -1.77. The Morgan fingerprint density at radius 3 is 2.55 bits per heavy atom. The number of hydrogen-bond donors (Lipinski definition) is 0. The van der Waals surface area contributed by atoms with Gasteiger partial charge >= 0.3 is 17.7 Å². The molecule has 0 radical (unpaired) electrons. The van der Waals surface area contributed by atoms with Crippen LogP contribution in [0.2, 0.25) is 0 Å². The highest BCUT2D eigenvalue weighted by molar-refractivity contribution is 5.81. The fourth-order valence-corrected chi connectivity index (χ4v) is 2.71. The molecule has 8 nitrogen and oxygen atoms in total. The van der Waals surface area contributed by atoms with Crippen LogP contribution in [0, 0.1) is 0 Å². The van der Waals surface area contributed by atoms with Crippen LogP contribution >= 0.6 is 0 Å². The third-order valence-electron chi connectivity index (χ3n) is 3.59. The van der Waals surface area contributed by atoms with Crippen molar-refractivity contribution in [1.82, 2.24) is 5.06 Å². The summed E-state index contributed by atoms with van der Waals surface area (Å²) in [4.78, 5) is 29.1. The summed E-state index contributed by atoms with van der Waals surface area (Å²) in [5, 5.41) is 1.47. The molecule has 2 saturated heterocycles. The van der Waals surface area contributed by atoms with Crippen molar-refractivity contribution in [1.29, 1.82) is 0 Å². The monoisotopic (exact) mass is 317 g/mol. The molecule has 0 spiro atoms. The van der Waals surface area contributed by atoms with Crippen molar-refractivity contribution in [3.05, 3.63) is 0 Å². The molecule has 0 N–H and O–H groups in total. The van der Waals surface area contributed by atoms with Crippen LogP contribution in [0.4, 0.5) is 0 Å². The van der Waals surface area contributed by atoms with Gasteiger partial charge in [-0.3, -0.25) is 4.79 Å². The predicted octanol–water partition coefficient (Wildman–Crippen LogP) is 0.596. The van der Waals surface area contributed by atoms with Crippen molar-refractivity contribution in [2.75, 3.05) is 20.3 Å². The molecule has 126 valence electrons. The van der Waals surface area contributed by atoms with Gasteiger partial charge in [0.05, 0.1) is 19.3 Å². The molecule has 22 heavy (non-hydrogen) atoms. The van der Waals surface area contributed by atoms with Crippen molar-refractivity contribution < 1.29 is 33.4 Å². The van der Waals surface area contributed by atoms with E-state index in [1.54, 1.807) is 14.0 Å². The van der Waals surface area contributed by atoms with E-state index >= 15 is 0 Å². The quantitative estimate of drug-likeness (QED) is 0.697. The maximum Gasteiger partial charge on any atom is 0.381 e. The summed E-state index contributed by atoms with van der Waals surface area (Å²) in [6, 6.07) is -0.300. The lowest BCUT2D eigenvalue weighted by molar-refractivity contribution is -0.286. The fourth-order valence-electron chi connectivity index (χ4n) is 2.71. The number of carbonyl (C=O) groups excluding carboxylic acids is 2. The number of likely N-dealkylation sites (N-methyl/N-ethyl adjacent to an activating group) is 1. The van der Waals surface area contributed by atoms with Crippen molar-refractivity contribution in [3.8, 4) is 0 Å². The lowest BCUT2D eigenvalue weighted by atomic mass is 10.0. The lowest BCUT2D eigenvalue weighted by Crippen LogP contribution is -2.45. The Hall–Kier alpha value is -1.22. The van der Waals surface area contributed by atoms with Gasteiger partial charge < -0.3 is 18.9 Å². The number of esters is 2. The Morgan fingerprint density at radius 1 is 1.36 bits per heavy atom. The van der Waals surface area contributed by atoms with Crippen LogP contribution in [0.1, 0.15) is 34.1 Å². The molecule has 0 bridgehead atoms. The highest BCUT2D eigenvalue weighted by Crippen LogP contribution is 2.38. The van der Waals surface area contributed by atoms with Gasteiger partial charge in [0, 0.05) is 20.4 Å². The van der Waals surface area contributed by atoms with Gasteiger partial charge in [-0.15, -0.1) is 0 Å². The van der Waals surface area contributed by atoms with E-state index in [4.69, 9.17) is 23.8 Å². The zero-order valence-electron chi connectivity index (χ0n) is 13.6. The average Bonchev–Trinajstić information content (AvgIpc) is 2.90. The zero-order valence-corrected chi connectivity index (χ0v) is 13.6. The van der Waals surface area contributed by atoms with Gasteiger partial charge in [-0.25, -0.2) is 9.63 Å². The van der Waals surface area contributed by atoms with Crippen LogP contribution in [-0.2, 0) is 33.4 Å². The van der Waals surface area contributed by atoms with Crippen molar-refractivity contribution in [2.45, 2.75) is 57.8 Å². The first kappa shape index (κ1) is 17.1. The Balaban J connectivity index is 2.17. The van der Waals surface area contributed by atoms with Gasteiger partial charge in [0.15, 0.2) is 5.79 Å². The molecule has 0 saturated carbocycles. The summed E-state index contributed by atoms with van der Waals surface area (Å²) in [6.07, 6.45) is -0.182. The number of hydrogen-bond acceptors (Lipinski definition) is 8. The lowest BCUT2D eigenvalue weighted by Gasteiger charge is -2.24. The zero-order chi connectivity index (χ0) is 16.5. The molecule has 2 aliphatic heterocycles. The number of hydroxylamine groups is 2. The molecule has 2 heterocycles. The minimum Gasteiger partial charge on any atom is -0.461 e. The molecule has 8 heteroatoms. The van der Waals surface area contributed by atoms with E-state index in [0.29, 0.717) is 6.61 Å². The molecular weight excluding hydrogens is 294 g/mol. The molecule has 0 unspecified atom stereocenters. The second-order valence-electron chi connectivity index (χ2n) is 5.84. The maximum atomic E-state index is 12.2. The standard InChI is InChI=1S/C14H23NO7/c1-6-18-12(17)14(20-9(2)16)7-10(15(5)22-14)11-8-19-13(3,4)21-11/h10-11H,6-8H2,1-5H3/t10-,11-,14-/m1/s1. The van der Waals surface area contributed by atoms with Crippen LogP contribution in [0.3, 0.4) is 0 Å². The summed E-state index contributed by atoms with van der Waals surface area (Å²) in [7, 11) is 1.66. The van der Waals surface area contributed by atoms with E-state index in [0.717, 1.165) is 0 Å². The van der Waals surface area contributed by atoms with E-state index in [9.17, 15) is 9.59 Å². The predicted molar refractivity (Wildman–Crippen MR) is 73.3 cm³/mol. The van der Waals surface area contributed by atoms with Crippen LogP contribution in [0.15, 0.2) is 0 Å². The van der Waals surface area contributed by atoms with Crippen LogP contribution in [-0.4, -0.2) is 61.0 Å². The number of ether oxygens (including phenoxy) is 4. The molecule has 0 amide bonds. The number of rotatable bonds is 4. The van der Waals surface area contributed by atoms with E-state index in [2.05, 4.69) is 0 Å². The normalized spacial score (nSPS) is 34.6. The molecule has 0 aliphatic carbocycles. The van der Waals surface area contributed by atoms with E-state index in [-0.39, 0.29) is 25.2 Å². The second kappa shape index (κ2) is 6.11. The SMILES string of the molecule is CCOC(=O)[C@@]1(OC(C)=O)C[C@H]([C@H]2COC(C)(C)O2)N(C)O1. The molecule has 2 aliphatic rings.